The Labute approximate surface area is 195 Å². The molecule has 1 N–H and O–H groups in total. The quantitative estimate of drug-likeness (QED) is 0.403. The zero-order chi connectivity index (χ0) is 23.8. The van der Waals surface area contributed by atoms with E-state index in [1.165, 1.54) is 37.5 Å². The minimum Gasteiger partial charge on any atom is -0.545 e. The number of ether oxygens (including phenoxy) is 2. The van der Waals surface area contributed by atoms with Gasteiger partial charge in [-0.2, -0.15) is 5.26 Å². The van der Waals surface area contributed by atoms with Crippen molar-refractivity contribution in [3.8, 4) is 17.6 Å². The van der Waals surface area contributed by atoms with Crippen LogP contribution in [0.25, 0.3) is 6.08 Å². The number of nitrogens with one attached hydrogen (secondary N) is 1. The van der Waals surface area contributed by atoms with E-state index in [2.05, 4.69) is 5.32 Å². The second-order valence-corrected chi connectivity index (χ2v) is 7.25. The first-order chi connectivity index (χ1) is 15.9. The molecule has 166 valence electrons. The van der Waals surface area contributed by atoms with Crippen LogP contribution in [0.15, 0.2) is 72.3 Å². The van der Waals surface area contributed by atoms with Gasteiger partial charge in [0.1, 0.15) is 18.2 Å². The first-order valence-corrected chi connectivity index (χ1v) is 10.1. The molecular formula is C25H18ClN2O5-. The number of halogens is 1. The Hall–Kier alpha value is -4.28. The van der Waals surface area contributed by atoms with Gasteiger partial charge < -0.3 is 24.7 Å². The highest BCUT2D eigenvalue weighted by molar-refractivity contribution is 6.30. The van der Waals surface area contributed by atoms with E-state index in [-0.39, 0.29) is 16.8 Å². The molecule has 0 aliphatic rings. The van der Waals surface area contributed by atoms with Crippen molar-refractivity contribution in [3.05, 3.63) is 94.0 Å². The van der Waals surface area contributed by atoms with Crippen LogP contribution in [-0.4, -0.2) is 19.0 Å². The molecule has 0 spiro atoms. The van der Waals surface area contributed by atoms with Crippen LogP contribution in [0.5, 0.6) is 11.5 Å². The third kappa shape index (κ3) is 6.35. The maximum atomic E-state index is 12.5. The smallest absolute Gasteiger partial charge is 0.266 e. The molecule has 0 heterocycles. The van der Waals surface area contributed by atoms with Crippen molar-refractivity contribution < 1.29 is 24.2 Å². The molecule has 3 aromatic carbocycles. The number of carbonyl (C=O) groups excluding carboxylic acids is 2. The zero-order valence-electron chi connectivity index (χ0n) is 17.5. The van der Waals surface area contributed by atoms with Crippen LogP contribution in [0.3, 0.4) is 0 Å². The largest absolute Gasteiger partial charge is 0.545 e. The second kappa shape index (κ2) is 10.8. The number of nitriles is 1. The third-order valence-corrected chi connectivity index (χ3v) is 4.78. The summed E-state index contributed by atoms with van der Waals surface area (Å²) in [6.45, 7) is 0.305. The van der Waals surface area contributed by atoms with Crippen molar-refractivity contribution in [1.82, 2.24) is 0 Å². The summed E-state index contributed by atoms with van der Waals surface area (Å²) in [5.74, 6) is -1.13. The molecular weight excluding hydrogens is 444 g/mol. The summed E-state index contributed by atoms with van der Waals surface area (Å²) in [5.41, 5.74) is 1.43. The standard InChI is InChI=1S/C25H19ClN2O5/c1-32-23-12-17(7-10-22(23)33-15-16-5-8-20(26)9-6-16)11-19(14-27)24(29)28-21-4-2-3-18(13-21)25(30)31/h2-13H,15H2,1H3,(H,28,29)(H,30,31)/p-1/b19-11+. The van der Waals surface area contributed by atoms with Gasteiger partial charge in [-0.3, -0.25) is 4.79 Å². The highest BCUT2D eigenvalue weighted by Crippen LogP contribution is 2.30. The van der Waals surface area contributed by atoms with Gasteiger partial charge in [0.25, 0.3) is 5.91 Å². The first kappa shape index (κ1) is 23.4. The number of hydrogen-bond acceptors (Lipinski definition) is 6. The molecule has 0 radical (unpaired) electrons. The average Bonchev–Trinajstić information content (AvgIpc) is 2.82. The van der Waals surface area contributed by atoms with Crippen LogP contribution in [0, 0.1) is 11.3 Å². The molecule has 7 nitrogen and oxygen atoms in total. The number of benzene rings is 3. The minimum absolute atomic E-state index is 0.0887. The minimum atomic E-state index is -1.37. The number of anilines is 1. The summed E-state index contributed by atoms with van der Waals surface area (Å²) in [5, 5.41) is 23.6. The van der Waals surface area contributed by atoms with Crippen molar-refractivity contribution >= 4 is 35.2 Å². The van der Waals surface area contributed by atoms with Crippen LogP contribution in [-0.2, 0) is 11.4 Å². The Balaban J connectivity index is 1.75. The Kier molecular flexibility index (Phi) is 7.68. The van der Waals surface area contributed by atoms with E-state index in [1.54, 1.807) is 30.3 Å². The second-order valence-electron chi connectivity index (χ2n) is 6.82. The highest BCUT2D eigenvalue weighted by atomic mass is 35.5. The van der Waals surface area contributed by atoms with Crippen molar-refractivity contribution in [3.63, 3.8) is 0 Å². The molecule has 1 amide bonds. The van der Waals surface area contributed by atoms with E-state index >= 15 is 0 Å². The molecule has 33 heavy (non-hydrogen) atoms. The molecule has 0 aromatic heterocycles. The maximum Gasteiger partial charge on any atom is 0.266 e. The van der Waals surface area contributed by atoms with Crippen molar-refractivity contribution in [2.24, 2.45) is 0 Å². The van der Waals surface area contributed by atoms with Crippen LogP contribution >= 0.6 is 11.6 Å². The average molecular weight is 462 g/mol. The fraction of sp³-hybridized carbons (Fsp3) is 0.0800. The van der Waals surface area contributed by atoms with Gasteiger partial charge in [-0.15, -0.1) is 0 Å². The van der Waals surface area contributed by atoms with E-state index in [0.717, 1.165) is 5.56 Å². The molecule has 0 aliphatic carbocycles. The van der Waals surface area contributed by atoms with Gasteiger partial charge in [-0.05, 0) is 59.2 Å². The number of rotatable bonds is 8. The molecule has 0 saturated carbocycles. The van der Waals surface area contributed by atoms with Crippen molar-refractivity contribution in [2.45, 2.75) is 6.61 Å². The third-order valence-electron chi connectivity index (χ3n) is 4.53. The fourth-order valence-corrected chi connectivity index (χ4v) is 3.00. The lowest BCUT2D eigenvalue weighted by atomic mass is 10.1. The number of carboxylic acid groups (broad SMARTS) is 1. The van der Waals surface area contributed by atoms with E-state index < -0.39 is 11.9 Å². The van der Waals surface area contributed by atoms with E-state index in [9.17, 15) is 20.0 Å². The van der Waals surface area contributed by atoms with Gasteiger partial charge in [-0.1, -0.05) is 41.9 Å². The molecule has 8 heteroatoms. The summed E-state index contributed by atoms with van der Waals surface area (Å²) in [6, 6.07) is 19.7. The predicted octanol–water partition coefficient (Wildman–Crippen LogP) is 3.84. The Bertz CT molecular complexity index is 1250. The van der Waals surface area contributed by atoms with Gasteiger partial charge in [-0.25, -0.2) is 0 Å². The lowest BCUT2D eigenvalue weighted by Crippen LogP contribution is -2.22. The summed E-state index contributed by atoms with van der Waals surface area (Å²) in [4.78, 5) is 23.5. The summed E-state index contributed by atoms with van der Waals surface area (Å²) < 4.78 is 11.2. The zero-order valence-corrected chi connectivity index (χ0v) is 18.3. The lowest BCUT2D eigenvalue weighted by Gasteiger charge is -2.12. The molecule has 0 saturated heterocycles. The fourth-order valence-electron chi connectivity index (χ4n) is 2.87. The number of methoxy groups -OCH3 is 1. The molecule has 3 rings (SSSR count). The van der Waals surface area contributed by atoms with Crippen molar-refractivity contribution in [2.75, 3.05) is 12.4 Å². The number of carboxylic acids is 1. The number of amides is 1. The molecule has 0 atom stereocenters. The Morgan fingerprint density at radius 1 is 1.09 bits per heavy atom. The Morgan fingerprint density at radius 2 is 1.85 bits per heavy atom. The SMILES string of the molecule is COc1cc(/C=C(\C#N)C(=O)Nc2cccc(C(=O)[O-])c2)ccc1OCc1ccc(Cl)cc1. The molecule has 0 bridgehead atoms. The van der Waals surface area contributed by atoms with E-state index in [4.69, 9.17) is 21.1 Å². The first-order valence-electron chi connectivity index (χ1n) is 9.69. The summed E-state index contributed by atoms with van der Waals surface area (Å²) >= 11 is 5.89. The summed E-state index contributed by atoms with van der Waals surface area (Å²) in [7, 11) is 1.49. The number of nitrogens with zero attached hydrogens (tertiary/aromatic N) is 1. The summed E-state index contributed by atoms with van der Waals surface area (Å²) in [6.07, 6.45) is 1.39. The molecule has 0 aliphatic heterocycles. The molecule has 0 fully saturated rings. The van der Waals surface area contributed by atoms with Crippen LogP contribution in [0.2, 0.25) is 5.02 Å². The number of hydrogen-bond donors (Lipinski definition) is 1. The van der Waals surface area contributed by atoms with E-state index in [0.29, 0.717) is 28.7 Å². The van der Waals surface area contributed by atoms with Gasteiger partial charge in [0.15, 0.2) is 11.5 Å². The monoisotopic (exact) mass is 461 g/mol. The van der Waals surface area contributed by atoms with Gasteiger partial charge in [0.05, 0.1) is 13.1 Å². The number of aromatic carboxylic acids is 1. The van der Waals surface area contributed by atoms with Crippen LogP contribution in [0.4, 0.5) is 5.69 Å². The molecule has 0 unspecified atom stereocenters. The normalized spacial score (nSPS) is 10.8. The topological polar surface area (TPSA) is 111 Å². The maximum absolute atomic E-state index is 12.5. The van der Waals surface area contributed by atoms with Gasteiger partial charge in [0, 0.05) is 10.7 Å². The molecule has 3 aromatic rings. The van der Waals surface area contributed by atoms with Crippen LogP contribution < -0.4 is 19.9 Å². The predicted molar refractivity (Wildman–Crippen MR) is 122 cm³/mol. The van der Waals surface area contributed by atoms with Gasteiger partial charge in [0.2, 0.25) is 0 Å². The highest BCUT2D eigenvalue weighted by Gasteiger charge is 2.12. The van der Waals surface area contributed by atoms with Gasteiger partial charge >= 0.3 is 0 Å². The van der Waals surface area contributed by atoms with Crippen molar-refractivity contribution in [1.29, 1.82) is 5.26 Å². The lowest BCUT2D eigenvalue weighted by molar-refractivity contribution is -0.255. The number of carbonyl (C=O) groups is 2. The van der Waals surface area contributed by atoms with Crippen LogP contribution in [0.1, 0.15) is 21.5 Å². The van der Waals surface area contributed by atoms with E-state index in [1.807, 2.05) is 18.2 Å². The Morgan fingerprint density at radius 3 is 2.52 bits per heavy atom.